The summed E-state index contributed by atoms with van der Waals surface area (Å²) in [5.74, 6) is 1.81. The number of hydrogen-bond donors (Lipinski definition) is 2. The Morgan fingerprint density at radius 2 is 2.08 bits per heavy atom. The third-order valence-corrected chi connectivity index (χ3v) is 6.86. The van der Waals surface area contributed by atoms with Crippen LogP contribution in [0.5, 0.6) is 0 Å². The van der Waals surface area contributed by atoms with Crippen molar-refractivity contribution < 1.29 is 9.53 Å². The van der Waals surface area contributed by atoms with Crippen molar-refractivity contribution in [1.82, 2.24) is 15.5 Å². The van der Waals surface area contributed by atoms with E-state index in [-0.39, 0.29) is 35.9 Å². The number of nitrogens with zero attached hydrogens (tertiary/aromatic N) is 2. The summed E-state index contributed by atoms with van der Waals surface area (Å²) in [5, 5.41) is 7.38. The lowest BCUT2D eigenvalue weighted by Crippen LogP contribution is -2.70. The van der Waals surface area contributed by atoms with Crippen LogP contribution in [0.3, 0.4) is 0 Å². The standard InChI is InChI=1S/C19H32N4O2.HI/c1-3-20-18(21-13-6-7-15(24)23(2)12-13)22-16-14-8-11-25-17(14)19(16)9-4-5-10-19;/h13-14,16-17H,3-12H2,1-2H3,(H2,20,21,22);1H. The van der Waals surface area contributed by atoms with E-state index in [4.69, 9.17) is 9.73 Å². The van der Waals surface area contributed by atoms with Crippen molar-refractivity contribution in [2.24, 2.45) is 16.3 Å². The molecule has 4 atom stereocenters. The van der Waals surface area contributed by atoms with Gasteiger partial charge >= 0.3 is 0 Å². The molecule has 0 aromatic rings. The number of guanidine groups is 1. The third-order valence-electron chi connectivity index (χ3n) is 6.86. The molecule has 4 rings (SSSR count). The van der Waals surface area contributed by atoms with Crippen LogP contribution in [0.1, 0.15) is 51.9 Å². The molecule has 1 amide bonds. The monoisotopic (exact) mass is 476 g/mol. The number of carbonyl (C=O) groups is 1. The molecule has 148 valence electrons. The van der Waals surface area contributed by atoms with Crippen LogP contribution in [0, 0.1) is 11.3 Å². The van der Waals surface area contributed by atoms with Gasteiger partial charge in [-0.15, -0.1) is 24.0 Å². The Morgan fingerprint density at radius 1 is 1.31 bits per heavy atom. The summed E-state index contributed by atoms with van der Waals surface area (Å²) >= 11 is 0. The van der Waals surface area contributed by atoms with Gasteiger partial charge in [-0.1, -0.05) is 12.8 Å². The van der Waals surface area contributed by atoms with Gasteiger partial charge in [0.2, 0.25) is 5.91 Å². The number of likely N-dealkylation sites (tertiary alicyclic amines) is 1. The van der Waals surface area contributed by atoms with Gasteiger partial charge in [0.05, 0.1) is 6.10 Å². The van der Waals surface area contributed by atoms with E-state index in [1.165, 1.54) is 32.1 Å². The van der Waals surface area contributed by atoms with Crippen LogP contribution in [-0.4, -0.2) is 61.7 Å². The average molecular weight is 476 g/mol. The predicted molar refractivity (Wildman–Crippen MR) is 113 cm³/mol. The van der Waals surface area contributed by atoms with Crippen molar-refractivity contribution >= 4 is 35.8 Å². The van der Waals surface area contributed by atoms with E-state index in [0.717, 1.165) is 32.1 Å². The summed E-state index contributed by atoms with van der Waals surface area (Å²) in [6.07, 6.45) is 8.37. The molecule has 26 heavy (non-hydrogen) atoms. The van der Waals surface area contributed by atoms with E-state index in [1.807, 2.05) is 11.9 Å². The second-order valence-corrected chi connectivity index (χ2v) is 8.28. The maximum absolute atomic E-state index is 11.7. The van der Waals surface area contributed by atoms with Crippen LogP contribution in [0.25, 0.3) is 0 Å². The van der Waals surface area contributed by atoms with E-state index in [0.29, 0.717) is 29.9 Å². The van der Waals surface area contributed by atoms with Crippen LogP contribution in [0.4, 0.5) is 0 Å². The van der Waals surface area contributed by atoms with Gasteiger partial charge in [-0.25, -0.2) is 0 Å². The number of piperidine rings is 1. The Morgan fingerprint density at radius 3 is 2.77 bits per heavy atom. The van der Waals surface area contributed by atoms with Crippen LogP contribution in [0.15, 0.2) is 4.99 Å². The molecule has 2 aliphatic heterocycles. The molecule has 4 aliphatic rings. The minimum atomic E-state index is 0. The van der Waals surface area contributed by atoms with Gasteiger partial charge in [0.15, 0.2) is 5.96 Å². The van der Waals surface area contributed by atoms with Gasteiger partial charge in [-0.05, 0) is 32.6 Å². The zero-order valence-electron chi connectivity index (χ0n) is 16.0. The largest absolute Gasteiger partial charge is 0.377 e. The van der Waals surface area contributed by atoms with Crippen molar-refractivity contribution in [3.8, 4) is 0 Å². The van der Waals surface area contributed by atoms with Gasteiger partial charge in [0, 0.05) is 56.6 Å². The van der Waals surface area contributed by atoms with Crippen LogP contribution in [-0.2, 0) is 9.53 Å². The van der Waals surface area contributed by atoms with Crippen molar-refractivity contribution in [3.05, 3.63) is 0 Å². The highest BCUT2D eigenvalue weighted by Gasteiger charge is 2.65. The van der Waals surface area contributed by atoms with Gasteiger partial charge in [-0.2, -0.15) is 0 Å². The quantitative estimate of drug-likeness (QED) is 0.372. The number of amides is 1. The Labute approximate surface area is 173 Å². The van der Waals surface area contributed by atoms with Gasteiger partial charge in [0.25, 0.3) is 0 Å². The second-order valence-electron chi connectivity index (χ2n) is 8.28. The van der Waals surface area contributed by atoms with Gasteiger partial charge in [-0.3, -0.25) is 9.79 Å². The summed E-state index contributed by atoms with van der Waals surface area (Å²) in [6.45, 7) is 4.52. The maximum Gasteiger partial charge on any atom is 0.222 e. The zero-order valence-corrected chi connectivity index (χ0v) is 18.3. The molecular formula is C19H33IN4O2. The Hall–Kier alpha value is -0.570. The number of ether oxygens (including phenoxy) is 1. The number of halogens is 1. The normalized spacial score (nSPS) is 35.7. The van der Waals surface area contributed by atoms with Crippen LogP contribution >= 0.6 is 24.0 Å². The lowest BCUT2D eigenvalue weighted by Gasteiger charge is -2.57. The molecule has 2 heterocycles. The first-order valence-electron chi connectivity index (χ1n) is 10.1. The fourth-order valence-corrected chi connectivity index (χ4v) is 5.67. The van der Waals surface area contributed by atoms with Crippen LogP contribution in [0.2, 0.25) is 0 Å². The molecule has 4 unspecified atom stereocenters. The fourth-order valence-electron chi connectivity index (χ4n) is 5.67. The third kappa shape index (κ3) is 3.45. The molecule has 0 aromatic carbocycles. The molecule has 2 N–H and O–H groups in total. The Bertz CT molecular complexity index is 550. The Kier molecular flexibility index (Phi) is 6.37. The molecule has 2 saturated carbocycles. The SMILES string of the molecule is CCN=C(NC1CCC(=O)N(C)C1)NC1C2CCOC2C12CCCC2.I. The first-order chi connectivity index (χ1) is 12.1. The molecule has 0 bridgehead atoms. The minimum Gasteiger partial charge on any atom is -0.377 e. The molecule has 2 saturated heterocycles. The summed E-state index contributed by atoms with van der Waals surface area (Å²) in [7, 11) is 1.89. The topological polar surface area (TPSA) is 66.0 Å². The maximum atomic E-state index is 11.7. The molecule has 6 nitrogen and oxygen atoms in total. The lowest BCUT2D eigenvalue weighted by molar-refractivity contribution is -0.132. The van der Waals surface area contributed by atoms with Crippen LogP contribution < -0.4 is 10.6 Å². The lowest BCUT2D eigenvalue weighted by atomic mass is 9.54. The highest BCUT2D eigenvalue weighted by molar-refractivity contribution is 14.0. The average Bonchev–Trinajstić information content (AvgIpc) is 3.24. The van der Waals surface area contributed by atoms with E-state index >= 15 is 0 Å². The minimum absolute atomic E-state index is 0. The smallest absolute Gasteiger partial charge is 0.222 e. The van der Waals surface area contributed by atoms with Crippen molar-refractivity contribution in [2.75, 3.05) is 26.7 Å². The van der Waals surface area contributed by atoms with E-state index in [2.05, 4.69) is 17.6 Å². The number of fused-ring (bicyclic) bond motifs is 2. The number of rotatable bonds is 3. The Balaban J connectivity index is 0.00000196. The molecule has 2 aliphatic carbocycles. The molecular weight excluding hydrogens is 443 g/mol. The molecule has 4 fully saturated rings. The summed E-state index contributed by atoms with van der Waals surface area (Å²) in [6, 6.07) is 0.777. The van der Waals surface area contributed by atoms with E-state index < -0.39 is 0 Å². The van der Waals surface area contributed by atoms with Gasteiger partial charge < -0.3 is 20.3 Å². The highest BCUT2D eigenvalue weighted by Crippen LogP contribution is 2.60. The summed E-state index contributed by atoms with van der Waals surface area (Å²) in [4.78, 5) is 18.2. The molecule has 0 aromatic heterocycles. The fraction of sp³-hybridized carbons (Fsp3) is 0.895. The first kappa shape index (κ1) is 20.2. The highest BCUT2D eigenvalue weighted by atomic mass is 127. The number of hydrogen-bond acceptors (Lipinski definition) is 3. The number of likely N-dealkylation sites (N-methyl/N-ethyl adjacent to an activating group) is 1. The number of nitrogens with one attached hydrogen (secondary N) is 2. The molecule has 1 spiro atoms. The van der Waals surface area contributed by atoms with Crippen molar-refractivity contribution in [3.63, 3.8) is 0 Å². The second kappa shape index (κ2) is 8.20. The summed E-state index contributed by atoms with van der Waals surface area (Å²) < 4.78 is 6.09. The van der Waals surface area contributed by atoms with E-state index in [1.54, 1.807) is 0 Å². The number of aliphatic imine (C=N–C) groups is 1. The zero-order chi connectivity index (χ0) is 17.4. The number of carbonyl (C=O) groups excluding carboxylic acids is 1. The van der Waals surface area contributed by atoms with Crippen molar-refractivity contribution in [2.45, 2.75) is 70.1 Å². The summed E-state index contributed by atoms with van der Waals surface area (Å²) in [5.41, 5.74) is 0.330. The van der Waals surface area contributed by atoms with E-state index in [9.17, 15) is 4.79 Å². The first-order valence-corrected chi connectivity index (χ1v) is 10.1. The molecule has 0 radical (unpaired) electrons. The predicted octanol–water partition coefficient (Wildman–Crippen LogP) is 2.13. The van der Waals surface area contributed by atoms with Gasteiger partial charge in [0.1, 0.15) is 0 Å². The van der Waals surface area contributed by atoms with Crippen molar-refractivity contribution in [1.29, 1.82) is 0 Å². The molecule has 7 heteroatoms.